The predicted octanol–water partition coefficient (Wildman–Crippen LogP) is 2.49. The number of piperidine rings is 1. The minimum absolute atomic E-state index is 0.0755. The van der Waals surface area contributed by atoms with E-state index in [0.717, 1.165) is 36.2 Å². The van der Waals surface area contributed by atoms with E-state index in [4.69, 9.17) is 5.73 Å². The molecule has 0 radical (unpaired) electrons. The van der Waals surface area contributed by atoms with Crippen molar-refractivity contribution >= 4 is 17.5 Å². The van der Waals surface area contributed by atoms with Crippen LogP contribution in [0, 0.1) is 5.92 Å². The van der Waals surface area contributed by atoms with Crippen molar-refractivity contribution in [1.29, 1.82) is 0 Å². The number of anilines is 1. The molecular weight excluding hydrogens is 314 g/mol. The van der Waals surface area contributed by atoms with Crippen LogP contribution in [0.1, 0.15) is 12.8 Å². The van der Waals surface area contributed by atoms with Crippen molar-refractivity contribution in [1.82, 2.24) is 4.90 Å². The van der Waals surface area contributed by atoms with Gasteiger partial charge in [-0.3, -0.25) is 14.5 Å². The van der Waals surface area contributed by atoms with Gasteiger partial charge < -0.3 is 11.1 Å². The second kappa shape index (κ2) is 7.94. The lowest BCUT2D eigenvalue weighted by Crippen LogP contribution is -2.44. The molecule has 3 N–H and O–H groups in total. The van der Waals surface area contributed by atoms with Crippen LogP contribution in [-0.4, -0.2) is 36.3 Å². The molecule has 0 saturated carbocycles. The summed E-state index contributed by atoms with van der Waals surface area (Å²) in [7, 11) is 0. The maximum absolute atomic E-state index is 12.5. The van der Waals surface area contributed by atoms with Gasteiger partial charge in [-0.15, -0.1) is 0 Å². The van der Waals surface area contributed by atoms with Crippen LogP contribution in [0.5, 0.6) is 0 Å². The lowest BCUT2D eigenvalue weighted by atomic mass is 9.97. The van der Waals surface area contributed by atoms with Crippen LogP contribution in [0.15, 0.2) is 54.6 Å². The minimum atomic E-state index is -0.278. The first-order valence-electron chi connectivity index (χ1n) is 8.59. The van der Waals surface area contributed by atoms with Gasteiger partial charge >= 0.3 is 0 Å². The van der Waals surface area contributed by atoms with E-state index in [0.29, 0.717) is 6.54 Å². The number of benzene rings is 2. The number of carbonyl (C=O) groups excluding carboxylic acids is 2. The summed E-state index contributed by atoms with van der Waals surface area (Å²) in [4.78, 5) is 25.8. The number of likely N-dealkylation sites (tertiary alicyclic amines) is 1. The molecule has 3 rings (SSSR count). The monoisotopic (exact) mass is 337 g/mol. The Hall–Kier alpha value is -2.66. The number of hydrogen-bond acceptors (Lipinski definition) is 3. The number of rotatable bonds is 5. The van der Waals surface area contributed by atoms with Crippen LogP contribution in [0.3, 0.4) is 0 Å². The number of nitrogens with one attached hydrogen (secondary N) is 1. The topological polar surface area (TPSA) is 75.4 Å². The Labute approximate surface area is 147 Å². The molecule has 1 saturated heterocycles. The highest BCUT2D eigenvalue weighted by molar-refractivity contribution is 5.96. The molecule has 0 aliphatic carbocycles. The van der Waals surface area contributed by atoms with Gasteiger partial charge in [0.1, 0.15) is 0 Å². The van der Waals surface area contributed by atoms with Crippen molar-refractivity contribution in [3.05, 3.63) is 54.6 Å². The molecular formula is C20H23N3O2. The Morgan fingerprint density at radius 1 is 1.08 bits per heavy atom. The standard InChI is InChI=1S/C20H23N3O2/c21-20(25)16-9-6-12-23(13-16)14-19(24)22-18-11-5-4-10-17(18)15-7-2-1-3-8-15/h1-5,7-8,10-11,16H,6,9,12-14H2,(H2,21,25)(H,22,24)/t16-/m1/s1. The van der Waals surface area contributed by atoms with Gasteiger partial charge in [0.05, 0.1) is 12.5 Å². The van der Waals surface area contributed by atoms with Gasteiger partial charge in [0, 0.05) is 17.8 Å². The van der Waals surface area contributed by atoms with Crippen molar-refractivity contribution in [3.8, 4) is 11.1 Å². The Balaban J connectivity index is 1.67. The summed E-state index contributed by atoms with van der Waals surface area (Å²) >= 11 is 0. The average Bonchev–Trinajstić information content (AvgIpc) is 2.63. The number of hydrogen-bond donors (Lipinski definition) is 2. The lowest BCUT2D eigenvalue weighted by Gasteiger charge is -2.30. The number of nitrogens with zero attached hydrogens (tertiary/aromatic N) is 1. The maximum Gasteiger partial charge on any atom is 0.238 e. The summed E-state index contributed by atoms with van der Waals surface area (Å²) in [5.41, 5.74) is 8.25. The van der Waals surface area contributed by atoms with Crippen LogP contribution in [-0.2, 0) is 9.59 Å². The molecule has 2 aromatic rings. The largest absolute Gasteiger partial charge is 0.369 e. The minimum Gasteiger partial charge on any atom is -0.369 e. The Morgan fingerprint density at radius 3 is 2.56 bits per heavy atom. The third-order valence-corrected chi connectivity index (χ3v) is 4.56. The molecule has 5 heteroatoms. The zero-order valence-electron chi connectivity index (χ0n) is 14.2. The molecule has 0 unspecified atom stereocenters. The van der Waals surface area contributed by atoms with E-state index in [1.165, 1.54) is 0 Å². The molecule has 2 amide bonds. The average molecular weight is 337 g/mol. The van der Waals surface area contributed by atoms with Gasteiger partial charge in [-0.2, -0.15) is 0 Å². The summed E-state index contributed by atoms with van der Waals surface area (Å²) < 4.78 is 0. The molecule has 2 aromatic carbocycles. The molecule has 5 nitrogen and oxygen atoms in total. The summed E-state index contributed by atoms with van der Waals surface area (Å²) in [6.45, 7) is 1.65. The molecule has 0 bridgehead atoms. The Morgan fingerprint density at radius 2 is 1.80 bits per heavy atom. The summed E-state index contributed by atoms with van der Waals surface area (Å²) in [5.74, 6) is -0.508. The van der Waals surface area contributed by atoms with E-state index >= 15 is 0 Å². The van der Waals surface area contributed by atoms with Crippen molar-refractivity contribution < 1.29 is 9.59 Å². The second-order valence-corrected chi connectivity index (χ2v) is 6.44. The summed E-state index contributed by atoms with van der Waals surface area (Å²) in [6, 6.07) is 17.7. The highest BCUT2D eigenvalue weighted by atomic mass is 16.2. The van der Waals surface area contributed by atoms with Gasteiger partial charge in [-0.05, 0) is 31.0 Å². The molecule has 0 spiro atoms. The predicted molar refractivity (Wildman–Crippen MR) is 98.9 cm³/mol. The van der Waals surface area contributed by atoms with Crippen LogP contribution in [0.2, 0.25) is 0 Å². The fraction of sp³-hybridized carbons (Fsp3) is 0.300. The van der Waals surface area contributed by atoms with E-state index in [2.05, 4.69) is 5.32 Å². The third-order valence-electron chi connectivity index (χ3n) is 4.56. The van der Waals surface area contributed by atoms with Crippen molar-refractivity contribution in [2.45, 2.75) is 12.8 Å². The highest BCUT2D eigenvalue weighted by Gasteiger charge is 2.25. The first-order chi connectivity index (χ1) is 12.1. The number of amides is 2. The van der Waals surface area contributed by atoms with Gasteiger partial charge in [-0.25, -0.2) is 0 Å². The zero-order valence-corrected chi connectivity index (χ0v) is 14.2. The van der Waals surface area contributed by atoms with Gasteiger partial charge in [0.2, 0.25) is 11.8 Å². The van der Waals surface area contributed by atoms with E-state index in [1.807, 2.05) is 59.5 Å². The summed E-state index contributed by atoms with van der Waals surface area (Å²) in [6.07, 6.45) is 1.70. The van der Waals surface area contributed by atoms with E-state index in [9.17, 15) is 9.59 Å². The van der Waals surface area contributed by atoms with E-state index in [-0.39, 0.29) is 24.3 Å². The Bertz CT molecular complexity index is 746. The molecule has 1 atom stereocenters. The number of para-hydroxylation sites is 1. The van der Waals surface area contributed by atoms with Gasteiger partial charge in [-0.1, -0.05) is 48.5 Å². The van der Waals surface area contributed by atoms with Crippen LogP contribution in [0.25, 0.3) is 11.1 Å². The van der Waals surface area contributed by atoms with Crippen molar-refractivity contribution in [3.63, 3.8) is 0 Å². The second-order valence-electron chi connectivity index (χ2n) is 6.44. The first-order valence-corrected chi connectivity index (χ1v) is 8.59. The van der Waals surface area contributed by atoms with Crippen molar-refractivity contribution in [2.24, 2.45) is 11.7 Å². The van der Waals surface area contributed by atoms with Crippen molar-refractivity contribution in [2.75, 3.05) is 25.0 Å². The normalized spacial score (nSPS) is 17.8. The maximum atomic E-state index is 12.5. The van der Waals surface area contributed by atoms with Gasteiger partial charge in [0.25, 0.3) is 0 Å². The highest BCUT2D eigenvalue weighted by Crippen LogP contribution is 2.27. The SMILES string of the molecule is NC(=O)[C@@H]1CCCN(CC(=O)Nc2ccccc2-c2ccccc2)C1. The first kappa shape index (κ1) is 17.2. The molecule has 0 aromatic heterocycles. The fourth-order valence-electron chi connectivity index (χ4n) is 3.29. The molecule has 1 fully saturated rings. The third kappa shape index (κ3) is 4.45. The number of carbonyl (C=O) groups is 2. The lowest BCUT2D eigenvalue weighted by molar-refractivity contribution is -0.125. The van der Waals surface area contributed by atoms with E-state index < -0.39 is 0 Å². The molecule has 25 heavy (non-hydrogen) atoms. The van der Waals surface area contributed by atoms with Crippen LogP contribution >= 0.6 is 0 Å². The fourth-order valence-corrected chi connectivity index (χ4v) is 3.29. The van der Waals surface area contributed by atoms with Gasteiger partial charge in [0.15, 0.2) is 0 Å². The quantitative estimate of drug-likeness (QED) is 0.880. The molecule has 1 aliphatic rings. The zero-order chi connectivity index (χ0) is 17.6. The number of primary amides is 1. The molecule has 130 valence electrons. The Kier molecular flexibility index (Phi) is 5.46. The smallest absolute Gasteiger partial charge is 0.238 e. The van der Waals surface area contributed by atoms with Crippen LogP contribution in [0.4, 0.5) is 5.69 Å². The number of nitrogens with two attached hydrogens (primary N) is 1. The molecule has 1 aliphatic heterocycles. The van der Waals surface area contributed by atoms with Crippen LogP contribution < -0.4 is 11.1 Å². The summed E-state index contributed by atoms with van der Waals surface area (Å²) in [5, 5.41) is 3.00. The molecule has 1 heterocycles. The van der Waals surface area contributed by atoms with E-state index in [1.54, 1.807) is 0 Å².